The van der Waals surface area contributed by atoms with Crippen LogP contribution in [-0.4, -0.2) is 39.8 Å². The minimum atomic E-state index is -0.0700. The second-order valence-corrected chi connectivity index (χ2v) is 6.35. The lowest BCUT2D eigenvalue weighted by molar-refractivity contribution is -0.137. The molecule has 3 rings (SSSR count). The second kappa shape index (κ2) is 6.40. The van der Waals surface area contributed by atoms with Crippen LogP contribution in [-0.2, 0) is 9.59 Å². The van der Waals surface area contributed by atoms with Crippen molar-refractivity contribution in [3.63, 3.8) is 0 Å². The zero-order chi connectivity index (χ0) is 16.4. The number of para-hydroxylation sites is 2. The first kappa shape index (κ1) is 15.5. The number of piperidine rings is 1. The molecule has 0 atom stereocenters. The number of rotatable bonds is 3. The number of hydrogen-bond donors (Lipinski definition) is 2. The van der Waals surface area contributed by atoms with E-state index in [1.807, 2.05) is 43.0 Å². The molecule has 1 aromatic carbocycles. The van der Waals surface area contributed by atoms with E-state index < -0.39 is 0 Å². The van der Waals surface area contributed by atoms with Crippen LogP contribution in [0.5, 0.6) is 0 Å². The van der Waals surface area contributed by atoms with Gasteiger partial charge >= 0.3 is 0 Å². The first-order valence-corrected chi connectivity index (χ1v) is 8.09. The van der Waals surface area contributed by atoms with Gasteiger partial charge in [-0.3, -0.25) is 14.9 Å². The van der Waals surface area contributed by atoms with Gasteiger partial charge < -0.3 is 9.88 Å². The maximum absolute atomic E-state index is 12.4. The van der Waals surface area contributed by atoms with Crippen molar-refractivity contribution in [2.24, 2.45) is 11.8 Å². The van der Waals surface area contributed by atoms with E-state index in [0.29, 0.717) is 31.9 Å². The van der Waals surface area contributed by atoms with Crippen LogP contribution in [0.3, 0.4) is 0 Å². The number of amides is 2. The maximum Gasteiger partial charge on any atom is 0.229 e. The molecule has 2 aromatic rings. The standard InChI is InChI=1S/C17H22N4O2/c1-11(2)16(23)21-9-7-12(8-10-21)15(22)20-17-18-13-5-3-4-6-14(13)19-17/h3-6,11-12H,7-10H2,1-2H3,(H2,18,19,20,22). The van der Waals surface area contributed by atoms with Crippen molar-refractivity contribution in [3.8, 4) is 0 Å². The Balaban J connectivity index is 1.58. The van der Waals surface area contributed by atoms with E-state index in [4.69, 9.17) is 0 Å². The molecule has 1 aromatic heterocycles. The third-order valence-corrected chi connectivity index (χ3v) is 4.30. The first-order chi connectivity index (χ1) is 11.0. The van der Waals surface area contributed by atoms with Crippen molar-refractivity contribution in [2.45, 2.75) is 26.7 Å². The number of nitrogens with one attached hydrogen (secondary N) is 2. The minimum absolute atomic E-state index is 0.0101. The Kier molecular flexibility index (Phi) is 4.32. The highest BCUT2D eigenvalue weighted by Crippen LogP contribution is 2.21. The van der Waals surface area contributed by atoms with Gasteiger partial charge in [0, 0.05) is 24.9 Å². The van der Waals surface area contributed by atoms with Crippen molar-refractivity contribution in [1.82, 2.24) is 14.9 Å². The van der Waals surface area contributed by atoms with Crippen molar-refractivity contribution < 1.29 is 9.59 Å². The average Bonchev–Trinajstić information content (AvgIpc) is 2.96. The molecule has 2 N–H and O–H groups in total. The lowest BCUT2D eigenvalue weighted by Crippen LogP contribution is -2.43. The number of anilines is 1. The normalized spacial score (nSPS) is 16.0. The average molecular weight is 314 g/mol. The number of aromatic nitrogens is 2. The van der Waals surface area contributed by atoms with E-state index in [1.165, 1.54) is 0 Å². The molecule has 6 nitrogen and oxygen atoms in total. The smallest absolute Gasteiger partial charge is 0.229 e. The SMILES string of the molecule is CC(C)C(=O)N1CCC(C(=O)Nc2nc3ccccc3[nH]2)CC1. The van der Waals surface area contributed by atoms with Crippen molar-refractivity contribution in [1.29, 1.82) is 0 Å². The highest BCUT2D eigenvalue weighted by molar-refractivity contribution is 5.93. The molecule has 0 aliphatic carbocycles. The Morgan fingerprint density at radius 3 is 2.61 bits per heavy atom. The number of fused-ring (bicyclic) bond motifs is 1. The van der Waals surface area contributed by atoms with E-state index in [2.05, 4.69) is 15.3 Å². The highest BCUT2D eigenvalue weighted by atomic mass is 16.2. The lowest BCUT2D eigenvalue weighted by atomic mass is 9.95. The summed E-state index contributed by atoms with van der Waals surface area (Å²) >= 11 is 0. The van der Waals surface area contributed by atoms with Crippen LogP contribution in [0.2, 0.25) is 0 Å². The Bertz CT molecular complexity index is 681. The lowest BCUT2D eigenvalue weighted by Gasteiger charge is -2.32. The van der Waals surface area contributed by atoms with Crippen LogP contribution in [0, 0.1) is 11.8 Å². The maximum atomic E-state index is 12.4. The molecule has 2 heterocycles. The molecular weight excluding hydrogens is 292 g/mol. The first-order valence-electron chi connectivity index (χ1n) is 8.09. The summed E-state index contributed by atoms with van der Waals surface area (Å²) in [6.45, 7) is 5.11. The summed E-state index contributed by atoms with van der Waals surface area (Å²) in [5, 5.41) is 2.86. The van der Waals surface area contributed by atoms with Crippen LogP contribution in [0.15, 0.2) is 24.3 Å². The molecule has 0 unspecified atom stereocenters. The molecule has 122 valence electrons. The Labute approximate surface area is 135 Å². The van der Waals surface area contributed by atoms with Gasteiger partial charge in [0.25, 0.3) is 0 Å². The number of carbonyl (C=O) groups is 2. The zero-order valence-corrected chi connectivity index (χ0v) is 13.5. The fourth-order valence-corrected chi connectivity index (χ4v) is 2.96. The van der Waals surface area contributed by atoms with Gasteiger partial charge in [-0.25, -0.2) is 4.98 Å². The van der Waals surface area contributed by atoms with E-state index in [1.54, 1.807) is 0 Å². The van der Waals surface area contributed by atoms with Gasteiger partial charge in [0.2, 0.25) is 17.8 Å². The third kappa shape index (κ3) is 3.36. The number of nitrogens with zero attached hydrogens (tertiary/aromatic N) is 2. The van der Waals surface area contributed by atoms with E-state index >= 15 is 0 Å². The molecular formula is C17H22N4O2. The fourth-order valence-electron chi connectivity index (χ4n) is 2.96. The third-order valence-electron chi connectivity index (χ3n) is 4.30. The minimum Gasteiger partial charge on any atom is -0.342 e. The number of likely N-dealkylation sites (tertiary alicyclic amines) is 1. The predicted octanol–water partition coefficient (Wildman–Crippen LogP) is 2.40. The molecule has 0 saturated carbocycles. The predicted molar refractivity (Wildman–Crippen MR) is 88.9 cm³/mol. The zero-order valence-electron chi connectivity index (χ0n) is 13.5. The second-order valence-electron chi connectivity index (χ2n) is 6.35. The quantitative estimate of drug-likeness (QED) is 0.913. The fraction of sp³-hybridized carbons (Fsp3) is 0.471. The topological polar surface area (TPSA) is 78.1 Å². The summed E-state index contributed by atoms with van der Waals surface area (Å²) in [4.78, 5) is 33.7. The number of hydrogen-bond acceptors (Lipinski definition) is 3. The number of benzene rings is 1. The molecule has 6 heteroatoms. The molecule has 1 aliphatic rings. The Hall–Kier alpha value is -2.37. The molecule has 0 spiro atoms. The monoisotopic (exact) mass is 314 g/mol. The molecule has 23 heavy (non-hydrogen) atoms. The van der Waals surface area contributed by atoms with Crippen LogP contribution in [0.4, 0.5) is 5.95 Å². The van der Waals surface area contributed by atoms with Crippen LogP contribution in [0.25, 0.3) is 11.0 Å². The summed E-state index contributed by atoms with van der Waals surface area (Å²) < 4.78 is 0. The van der Waals surface area contributed by atoms with Gasteiger partial charge in [-0.05, 0) is 25.0 Å². The number of H-pyrrole nitrogens is 1. The van der Waals surface area contributed by atoms with Crippen LogP contribution >= 0.6 is 0 Å². The van der Waals surface area contributed by atoms with Gasteiger partial charge in [-0.15, -0.1) is 0 Å². The summed E-state index contributed by atoms with van der Waals surface area (Å²) in [5.74, 6) is 0.564. The van der Waals surface area contributed by atoms with E-state index in [9.17, 15) is 9.59 Å². The molecule has 0 radical (unpaired) electrons. The molecule has 1 fully saturated rings. The molecule has 1 saturated heterocycles. The molecule has 1 aliphatic heterocycles. The van der Waals surface area contributed by atoms with E-state index in [0.717, 1.165) is 11.0 Å². The Morgan fingerprint density at radius 1 is 1.26 bits per heavy atom. The largest absolute Gasteiger partial charge is 0.342 e. The van der Waals surface area contributed by atoms with Crippen LogP contribution in [0.1, 0.15) is 26.7 Å². The summed E-state index contributed by atoms with van der Waals surface area (Å²) in [6, 6.07) is 7.66. The van der Waals surface area contributed by atoms with Gasteiger partial charge in [0.1, 0.15) is 0 Å². The van der Waals surface area contributed by atoms with Crippen LogP contribution < -0.4 is 5.32 Å². The number of carbonyl (C=O) groups excluding carboxylic acids is 2. The molecule has 0 bridgehead atoms. The van der Waals surface area contributed by atoms with Gasteiger partial charge in [-0.2, -0.15) is 0 Å². The summed E-state index contributed by atoms with van der Waals surface area (Å²) in [5.41, 5.74) is 1.74. The Morgan fingerprint density at radius 2 is 1.96 bits per heavy atom. The van der Waals surface area contributed by atoms with E-state index in [-0.39, 0.29) is 23.7 Å². The molecule has 2 amide bonds. The number of imidazole rings is 1. The van der Waals surface area contributed by atoms with Gasteiger partial charge in [0.05, 0.1) is 11.0 Å². The van der Waals surface area contributed by atoms with Crippen molar-refractivity contribution in [3.05, 3.63) is 24.3 Å². The summed E-state index contributed by atoms with van der Waals surface area (Å²) in [6.07, 6.45) is 1.40. The van der Waals surface area contributed by atoms with Gasteiger partial charge in [-0.1, -0.05) is 26.0 Å². The number of aromatic amines is 1. The van der Waals surface area contributed by atoms with Crippen molar-refractivity contribution in [2.75, 3.05) is 18.4 Å². The van der Waals surface area contributed by atoms with Gasteiger partial charge in [0.15, 0.2) is 0 Å². The highest BCUT2D eigenvalue weighted by Gasteiger charge is 2.28. The van der Waals surface area contributed by atoms with Crippen molar-refractivity contribution >= 4 is 28.8 Å². The summed E-state index contributed by atoms with van der Waals surface area (Å²) in [7, 11) is 0.